The maximum atomic E-state index is 11.9. The molecule has 0 saturated carbocycles. The van der Waals surface area contributed by atoms with Gasteiger partial charge in [-0.05, 0) is 43.1 Å². The first-order chi connectivity index (χ1) is 9.10. The van der Waals surface area contributed by atoms with Gasteiger partial charge in [0.15, 0.2) is 12.4 Å². The number of pyridine rings is 1. The van der Waals surface area contributed by atoms with Crippen molar-refractivity contribution in [2.45, 2.75) is 6.61 Å². The number of rotatable bonds is 4. The lowest BCUT2D eigenvalue weighted by molar-refractivity contribution is 0.0435. The monoisotopic (exact) mass is 390 g/mol. The number of carbonyl (C=O) groups is 1. The second kappa shape index (κ2) is 6.16. The lowest BCUT2D eigenvalue weighted by Gasteiger charge is -2.04. The molecule has 2 aromatic heterocycles. The van der Waals surface area contributed by atoms with Crippen LogP contribution in [-0.4, -0.2) is 23.2 Å². The minimum Gasteiger partial charge on any atom is -0.479 e. The third kappa shape index (κ3) is 3.54. The van der Waals surface area contributed by atoms with Gasteiger partial charge < -0.3 is 14.0 Å². The van der Waals surface area contributed by atoms with Gasteiger partial charge in [0, 0.05) is 16.7 Å². The van der Waals surface area contributed by atoms with Gasteiger partial charge in [-0.3, -0.25) is 0 Å². The molecule has 0 aliphatic heterocycles. The van der Waals surface area contributed by atoms with Crippen molar-refractivity contribution in [2.24, 2.45) is 0 Å². The van der Waals surface area contributed by atoms with E-state index in [-0.39, 0.29) is 6.61 Å². The van der Waals surface area contributed by atoms with E-state index in [0.29, 0.717) is 26.3 Å². The molecule has 6 nitrogen and oxygen atoms in total. The van der Waals surface area contributed by atoms with Crippen LogP contribution in [0.4, 0.5) is 0 Å². The number of nitrogens with zero attached hydrogens (tertiary/aromatic N) is 2. The van der Waals surface area contributed by atoms with Gasteiger partial charge in [-0.1, -0.05) is 0 Å². The van der Waals surface area contributed by atoms with Crippen molar-refractivity contribution in [3.8, 4) is 5.88 Å². The normalized spacial score (nSPS) is 10.3. The topological polar surface area (TPSA) is 74.5 Å². The van der Waals surface area contributed by atoms with Crippen molar-refractivity contribution in [3.63, 3.8) is 0 Å². The molecule has 2 heterocycles. The fourth-order valence-electron chi connectivity index (χ4n) is 1.24. The molecule has 0 spiro atoms. The largest absolute Gasteiger partial charge is 0.479 e. The molecule has 0 N–H and O–H groups in total. The Morgan fingerprint density at radius 2 is 2.21 bits per heavy atom. The van der Waals surface area contributed by atoms with Crippen LogP contribution in [-0.2, 0) is 11.3 Å². The Labute approximate surface area is 125 Å². The molecule has 0 amide bonds. The second-order valence-corrected chi connectivity index (χ2v) is 5.07. The average Bonchev–Trinajstić information content (AvgIpc) is 2.87. The molecule has 0 aliphatic rings. The van der Waals surface area contributed by atoms with Crippen LogP contribution in [0.2, 0.25) is 0 Å². The highest BCUT2D eigenvalue weighted by molar-refractivity contribution is 9.11. The number of methoxy groups -OCH3 is 1. The average molecular weight is 392 g/mol. The summed E-state index contributed by atoms with van der Waals surface area (Å²) in [5.74, 6) is 0.205. The first-order valence-corrected chi connectivity index (χ1v) is 6.66. The maximum Gasteiger partial charge on any atom is 0.341 e. The zero-order chi connectivity index (χ0) is 13.8. The predicted molar refractivity (Wildman–Crippen MR) is 71.8 cm³/mol. The third-order valence-electron chi connectivity index (χ3n) is 2.12. The molecule has 0 fully saturated rings. The van der Waals surface area contributed by atoms with Gasteiger partial charge >= 0.3 is 5.97 Å². The Balaban J connectivity index is 2.03. The Morgan fingerprint density at radius 3 is 2.89 bits per heavy atom. The molecule has 100 valence electrons. The summed E-state index contributed by atoms with van der Waals surface area (Å²) in [5, 5.41) is 3.60. The minimum atomic E-state index is -0.518. The SMILES string of the molecule is COc1cc(COC(=O)c2cc(Br)cnc2Br)on1. The molecule has 0 atom stereocenters. The van der Waals surface area contributed by atoms with E-state index in [1.807, 2.05) is 0 Å². The smallest absolute Gasteiger partial charge is 0.341 e. The highest BCUT2D eigenvalue weighted by Crippen LogP contribution is 2.20. The summed E-state index contributed by atoms with van der Waals surface area (Å²) in [6.45, 7) is -0.0336. The Kier molecular flexibility index (Phi) is 4.54. The van der Waals surface area contributed by atoms with Gasteiger partial charge in [0.1, 0.15) is 4.60 Å². The third-order valence-corrected chi connectivity index (χ3v) is 3.18. The Morgan fingerprint density at radius 1 is 1.42 bits per heavy atom. The first kappa shape index (κ1) is 14.0. The molecule has 0 radical (unpaired) electrons. The Hall–Kier alpha value is -1.41. The van der Waals surface area contributed by atoms with Crippen molar-refractivity contribution in [3.05, 3.63) is 38.7 Å². The van der Waals surface area contributed by atoms with Crippen molar-refractivity contribution < 1.29 is 18.8 Å². The lowest BCUT2D eigenvalue weighted by Crippen LogP contribution is -2.06. The molecule has 8 heteroatoms. The van der Waals surface area contributed by atoms with Crippen molar-refractivity contribution in [1.82, 2.24) is 10.1 Å². The zero-order valence-electron chi connectivity index (χ0n) is 9.72. The Bertz CT molecular complexity index is 600. The highest BCUT2D eigenvalue weighted by Gasteiger charge is 2.15. The van der Waals surface area contributed by atoms with Crippen molar-refractivity contribution >= 4 is 37.8 Å². The summed E-state index contributed by atoms with van der Waals surface area (Å²) in [6, 6.07) is 3.15. The van der Waals surface area contributed by atoms with Gasteiger partial charge in [0.25, 0.3) is 5.88 Å². The van der Waals surface area contributed by atoms with E-state index in [1.165, 1.54) is 7.11 Å². The quantitative estimate of drug-likeness (QED) is 0.589. The maximum absolute atomic E-state index is 11.9. The van der Waals surface area contributed by atoms with Gasteiger partial charge in [-0.2, -0.15) is 0 Å². The van der Waals surface area contributed by atoms with Gasteiger partial charge in [-0.15, -0.1) is 0 Å². The van der Waals surface area contributed by atoms with E-state index < -0.39 is 5.97 Å². The zero-order valence-corrected chi connectivity index (χ0v) is 12.9. The van der Waals surface area contributed by atoms with Gasteiger partial charge in [0.2, 0.25) is 0 Å². The molecule has 2 aromatic rings. The number of halogens is 2. The predicted octanol–water partition coefficient (Wildman–Crippen LogP) is 2.96. The highest BCUT2D eigenvalue weighted by atomic mass is 79.9. The molecule has 0 saturated heterocycles. The van der Waals surface area contributed by atoms with Crippen LogP contribution in [0.15, 0.2) is 31.9 Å². The van der Waals surface area contributed by atoms with E-state index in [1.54, 1.807) is 18.3 Å². The standard InChI is InChI=1S/C11H8Br2N2O4/c1-17-9-3-7(19-15-9)5-18-11(16)8-2-6(12)4-14-10(8)13/h2-4H,5H2,1H3. The molecule has 2 rings (SSSR count). The van der Waals surface area contributed by atoms with Crippen molar-refractivity contribution in [1.29, 1.82) is 0 Å². The molecule has 0 bridgehead atoms. The lowest BCUT2D eigenvalue weighted by atomic mass is 10.3. The van der Waals surface area contributed by atoms with Crippen molar-refractivity contribution in [2.75, 3.05) is 7.11 Å². The van der Waals surface area contributed by atoms with Crippen LogP contribution in [0.3, 0.4) is 0 Å². The van der Waals surface area contributed by atoms with E-state index in [4.69, 9.17) is 14.0 Å². The molecule has 0 aliphatic carbocycles. The molecular weight excluding hydrogens is 384 g/mol. The van der Waals surface area contributed by atoms with Crippen LogP contribution >= 0.6 is 31.9 Å². The number of esters is 1. The van der Waals surface area contributed by atoms with Gasteiger partial charge in [0.05, 0.1) is 12.7 Å². The van der Waals surface area contributed by atoms with E-state index in [2.05, 4.69) is 42.0 Å². The molecular formula is C11H8Br2N2O4. The second-order valence-electron chi connectivity index (χ2n) is 3.40. The number of ether oxygens (including phenoxy) is 2. The summed E-state index contributed by atoms with van der Waals surface area (Å²) in [4.78, 5) is 15.8. The summed E-state index contributed by atoms with van der Waals surface area (Å²) in [5.41, 5.74) is 0.320. The van der Waals surface area contributed by atoms with Crippen LogP contribution in [0.25, 0.3) is 0 Å². The first-order valence-electron chi connectivity index (χ1n) is 5.08. The number of hydrogen-bond donors (Lipinski definition) is 0. The van der Waals surface area contributed by atoms with Crippen LogP contribution in [0, 0.1) is 0 Å². The summed E-state index contributed by atoms with van der Waals surface area (Å²) in [7, 11) is 1.47. The van der Waals surface area contributed by atoms with Crippen LogP contribution < -0.4 is 4.74 Å². The van der Waals surface area contributed by atoms with E-state index in [9.17, 15) is 4.79 Å². The van der Waals surface area contributed by atoms with Gasteiger partial charge in [-0.25, -0.2) is 9.78 Å². The fourth-order valence-corrected chi connectivity index (χ4v) is 1.95. The summed E-state index contributed by atoms with van der Waals surface area (Å²) >= 11 is 6.42. The molecule has 0 aromatic carbocycles. The molecule has 0 unspecified atom stereocenters. The van der Waals surface area contributed by atoms with Crippen LogP contribution in [0.1, 0.15) is 16.1 Å². The fraction of sp³-hybridized carbons (Fsp3) is 0.182. The minimum absolute atomic E-state index is 0.0336. The number of carbonyl (C=O) groups excluding carboxylic acids is 1. The summed E-state index contributed by atoms with van der Waals surface area (Å²) in [6.07, 6.45) is 1.57. The van der Waals surface area contributed by atoms with E-state index >= 15 is 0 Å². The molecule has 19 heavy (non-hydrogen) atoms. The number of aromatic nitrogens is 2. The van der Waals surface area contributed by atoms with Crippen LogP contribution in [0.5, 0.6) is 5.88 Å². The number of hydrogen-bond acceptors (Lipinski definition) is 6. The van der Waals surface area contributed by atoms with E-state index in [0.717, 1.165) is 0 Å². The summed E-state index contributed by atoms with van der Waals surface area (Å²) < 4.78 is 15.9.